The van der Waals surface area contributed by atoms with Crippen molar-refractivity contribution in [2.24, 2.45) is 0 Å². The average Bonchev–Trinajstić information content (AvgIpc) is 3.16. The predicted molar refractivity (Wildman–Crippen MR) is 104 cm³/mol. The SMILES string of the molecule is O=C(NC1CCCCCCC1)c1cccc(S(=O)(=O)NCC2CCCO2)c1. The first kappa shape index (κ1) is 20.3. The van der Waals surface area contributed by atoms with E-state index in [-0.39, 0.29) is 29.5 Å². The summed E-state index contributed by atoms with van der Waals surface area (Å²) in [4.78, 5) is 12.7. The number of ether oxygens (including phenoxy) is 1. The highest BCUT2D eigenvalue weighted by atomic mass is 32.2. The van der Waals surface area contributed by atoms with E-state index in [2.05, 4.69) is 10.0 Å². The van der Waals surface area contributed by atoms with Crippen molar-refractivity contribution in [3.8, 4) is 0 Å². The summed E-state index contributed by atoms with van der Waals surface area (Å²) in [6.07, 6.45) is 9.73. The van der Waals surface area contributed by atoms with Crippen molar-refractivity contribution in [2.45, 2.75) is 74.8 Å². The summed E-state index contributed by atoms with van der Waals surface area (Å²) in [5, 5.41) is 3.08. The van der Waals surface area contributed by atoms with Gasteiger partial charge in [-0.1, -0.05) is 38.2 Å². The molecular formula is C20H30N2O4S. The zero-order valence-electron chi connectivity index (χ0n) is 15.8. The van der Waals surface area contributed by atoms with Crippen LogP contribution in [-0.4, -0.2) is 39.6 Å². The molecule has 2 N–H and O–H groups in total. The molecule has 0 aromatic heterocycles. The standard InChI is InChI=1S/C20H30N2O4S/c23-20(22-17-9-4-2-1-3-5-10-17)16-8-6-12-19(14-16)27(24,25)21-15-18-11-7-13-26-18/h6,8,12,14,17-18,21H,1-5,7,9-11,13,15H2,(H,22,23). The number of rotatable bonds is 6. The lowest BCUT2D eigenvalue weighted by Gasteiger charge is -2.21. The van der Waals surface area contributed by atoms with Crippen molar-refractivity contribution in [3.05, 3.63) is 29.8 Å². The average molecular weight is 395 g/mol. The molecule has 1 amide bonds. The molecule has 2 aliphatic rings. The molecule has 1 unspecified atom stereocenters. The van der Waals surface area contributed by atoms with Crippen molar-refractivity contribution in [1.29, 1.82) is 0 Å². The number of carbonyl (C=O) groups excluding carboxylic acids is 1. The Morgan fingerprint density at radius 3 is 2.48 bits per heavy atom. The number of amides is 1. The summed E-state index contributed by atoms with van der Waals surface area (Å²) in [6.45, 7) is 0.948. The van der Waals surface area contributed by atoms with Crippen LogP contribution >= 0.6 is 0 Å². The van der Waals surface area contributed by atoms with Crippen molar-refractivity contribution in [2.75, 3.05) is 13.2 Å². The normalized spacial score (nSPS) is 22.1. The Bertz CT molecular complexity index is 721. The molecule has 0 spiro atoms. The van der Waals surface area contributed by atoms with E-state index in [1.54, 1.807) is 12.1 Å². The number of benzene rings is 1. The molecule has 7 heteroatoms. The first-order valence-corrected chi connectivity index (χ1v) is 11.5. The van der Waals surface area contributed by atoms with E-state index >= 15 is 0 Å². The third-order valence-corrected chi connectivity index (χ3v) is 6.79. The zero-order chi connectivity index (χ0) is 19.1. The highest BCUT2D eigenvalue weighted by molar-refractivity contribution is 7.89. The van der Waals surface area contributed by atoms with Crippen molar-refractivity contribution >= 4 is 15.9 Å². The van der Waals surface area contributed by atoms with Gasteiger partial charge in [0, 0.05) is 24.8 Å². The van der Waals surface area contributed by atoms with Crippen molar-refractivity contribution < 1.29 is 17.9 Å². The molecule has 150 valence electrons. The largest absolute Gasteiger partial charge is 0.377 e. The summed E-state index contributed by atoms with van der Waals surface area (Å²) >= 11 is 0. The smallest absolute Gasteiger partial charge is 0.251 e. The molecule has 6 nitrogen and oxygen atoms in total. The summed E-state index contributed by atoms with van der Waals surface area (Å²) in [7, 11) is -3.66. The van der Waals surface area contributed by atoms with Crippen LogP contribution in [0.3, 0.4) is 0 Å². The number of sulfonamides is 1. The van der Waals surface area contributed by atoms with E-state index in [1.807, 2.05) is 0 Å². The minimum absolute atomic E-state index is 0.0643. The lowest BCUT2D eigenvalue weighted by atomic mass is 9.96. The quantitative estimate of drug-likeness (QED) is 0.777. The minimum atomic E-state index is -3.66. The molecule has 1 saturated carbocycles. The minimum Gasteiger partial charge on any atom is -0.377 e. The van der Waals surface area contributed by atoms with Crippen molar-refractivity contribution in [1.82, 2.24) is 10.0 Å². The Balaban J connectivity index is 1.62. The maximum absolute atomic E-state index is 12.6. The van der Waals surface area contributed by atoms with Gasteiger partial charge >= 0.3 is 0 Å². The van der Waals surface area contributed by atoms with E-state index in [1.165, 1.54) is 31.4 Å². The first-order valence-electron chi connectivity index (χ1n) is 10.1. The Morgan fingerprint density at radius 2 is 1.78 bits per heavy atom. The van der Waals surface area contributed by atoms with E-state index in [0.717, 1.165) is 38.5 Å². The first-order chi connectivity index (χ1) is 13.0. The fourth-order valence-corrected chi connectivity index (χ4v) is 4.88. The summed E-state index contributed by atoms with van der Waals surface area (Å²) in [5.41, 5.74) is 0.386. The zero-order valence-corrected chi connectivity index (χ0v) is 16.6. The Kier molecular flexibility index (Phi) is 7.26. The number of hydrogen-bond donors (Lipinski definition) is 2. The predicted octanol–water partition coefficient (Wildman–Crippen LogP) is 2.99. The second-order valence-corrected chi connectivity index (χ2v) is 9.30. The van der Waals surface area contributed by atoms with Gasteiger partial charge in [-0.05, 0) is 43.9 Å². The number of nitrogens with one attached hydrogen (secondary N) is 2. The molecule has 2 fully saturated rings. The fraction of sp³-hybridized carbons (Fsp3) is 0.650. The van der Waals surface area contributed by atoms with E-state index in [0.29, 0.717) is 12.2 Å². The van der Waals surface area contributed by atoms with Gasteiger partial charge < -0.3 is 10.1 Å². The summed E-state index contributed by atoms with van der Waals surface area (Å²) in [6, 6.07) is 6.43. The Morgan fingerprint density at radius 1 is 1.04 bits per heavy atom. The van der Waals surface area contributed by atoms with Crippen LogP contribution in [0.5, 0.6) is 0 Å². The molecule has 1 aromatic carbocycles. The van der Waals surface area contributed by atoms with E-state index < -0.39 is 10.0 Å². The van der Waals surface area contributed by atoms with Gasteiger partial charge in [-0.15, -0.1) is 0 Å². The van der Waals surface area contributed by atoms with Crippen LogP contribution in [0.15, 0.2) is 29.2 Å². The van der Waals surface area contributed by atoms with Crippen LogP contribution < -0.4 is 10.0 Å². The van der Waals surface area contributed by atoms with Gasteiger partial charge in [0.25, 0.3) is 5.91 Å². The van der Waals surface area contributed by atoms with Gasteiger partial charge in [0.1, 0.15) is 0 Å². The van der Waals surface area contributed by atoms with Gasteiger partial charge in [0.15, 0.2) is 0 Å². The second-order valence-electron chi connectivity index (χ2n) is 7.53. The molecule has 0 bridgehead atoms. The summed E-state index contributed by atoms with van der Waals surface area (Å²) in [5.74, 6) is -0.197. The van der Waals surface area contributed by atoms with Gasteiger partial charge in [0.2, 0.25) is 10.0 Å². The Hall–Kier alpha value is -1.44. The van der Waals surface area contributed by atoms with Gasteiger partial charge in [-0.2, -0.15) is 0 Å². The topological polar surface area (TPSA) is 84.5 Å². The molecule has 27 heavy (non-hydrogen) atoms. The molecule has 1 aromatic rings. The third-order valence-electron chi connectivity index (χ3n) is 5.37. The molecule has 1 atom stereocenters. The fourth-order valence-electron chi connectivity index (χ4n) is 3.77. The highest BCUT2D eigenvalue weighted by Crippen LogP contribution is 2.18. The van der Waals surface area contributed by atoms with Crippen LogP contribution in [0.2, 0.25) is 0 Å². The maximum Gasteiger partial charge on any atom is 0.251 e. The summed E-state index contributed by atoms with van der Waals surface area (Å²) < 4.78 is 33.1. The lowest BCUT2D eigenvalue weighted by molar-refractivity contribution is 0.0930. The molecule has 1 aliphatic heterocycles. The molecular weight excluding hydrogens is 364 g/mol. The van der Waals surface area contributed by atoms with E-state index in [4.69, 9.17) is 4.74 Å². The number of carbonyl (C=O) groups is 1. The monoisotopic (exact) mass is 394 g/mol. The highest BCUT2D eigenvalue weighted by Gasteiger charge is 2.22. The number of hydrogen-bond acceptors (Lipinski definition) is 4. The van der Waals surface area contributed by atoms with Gasteiger partial charge in [-0.25, -0.2) is 13.1 Å². The van der Waals surface area contributed by atoms with Crippen molar-refractivity contribution in [3.63, 3.8) is 0 Å². The van der Waals surface area contributed by atoms with E-state index in [9.17, 15) is 13.2 Å². The molecule has 1 heterocycles. The van der Waals surface area contributed by atoms with Crippen LogP contribution in [0.1, 0.15) is 68.1 Å². The molecule has 1 aliphatic carbocycles. The van der Waals surface area contributed by atoms with Crippen LogP contribution in [0.25, 0.3) is 0 Å². The lowest BCUT2D eigenvalue weighted by Crippen LogP contribution is -2.35. The van der Waals surface area contributed by atoms with Gasteiger partial charge in [-0.3, -0.25) is 4.79 Å². The Labute approximate surface area is 162 Å². The third kappa shape index (κ3) is 6.02. The van der Waals surface area contributed by atoms with Crippen LogP contribution in [0, 0.1) is 0 Å². The molecule has 0 radical (unpaired) electrons. The second kappa shape index (κ2) is 9.66. The molecule has 3 rings (SSSR count). The molecule has 1 saturated heterocycles. The van der Waals surface area contributed by atoms with Crippen LogP contribution in [-0.2, 0) is 14.8 Å². The van der Waals surface area contributed by atoms with Gasteiger partial charge in [0.05, 0.1) is 11.0 Å². The van der Waals surface area contributed by atoms with Crippen LogP contribution in [0.4, 0.5) is 0 Å². The maximum atomic E-state index is 12.6.